The Labute approximate surface area is 119 Å². The summed E-state index contributed by atoms with van der Waals surface area (Å²) < 4.78 is 0. The predicted octanol–water partition coefficient (Wildman–Crippen LogP) is 2.18. The molecule has 0 aromatic rings. The minimum atomic E-state index is 0.606. The van der Waals surface area contributed by atoms with E-state index in [4.69, 9.17) is 0 Å². The zero-order valence-electron chi connectivity index (χ0n) is 13.2. The number of nitrogens with zero attached hydrogens (tertiary/aromatic N) is 2. The van der Waals surface area contributed by atoms with Gasteiger partial charge in [0.05, 0.1) is 0 Å². The third-order valence-electron chi connectivity index (χ3n) is 5.06. The molecule has 0 aliphatic carbocycles. The number of rotatable bonds is 6. The molecule has 2 rings (SSSR count). The molecule has 3 heteroatoms. The fourth-order valence-electron chi connectivity index (χ4n) is 4.14. The van der Waals surface area contributed by atoms with E-state index in [2.05, 4.69) is 36.1 Å². The predicted molar refractivity (Wildman–Crippen MR) is 82.6 cm³/mol. The normalized spacial score (nSPS) is 28.1. The lowest BCUT2D eigenvalue weighted by Gasteiger charge is -2.42. The van der Waals surface area contributed by atoms with Crippen LogP contribution in [0.15, 0.2) is 0 Å². The fraction of sp³-hybridized carbons (Fsp3) is 1.00. The van der Waals surface area contributed by atoms with Crippen LogP contribution in [0, 0.1) is 5.41 Å². The molecule has 1 N–H and O–H groups in total. The van der Waals surface area contributed by atoms with Crippen molar-refractivity contribution in [1.82, 2.24) is 15.1 Å². The van der Waals surface area contributed by atoms with E-state index in [1.54, 1.807) is 0 Å². The van der Waals surface area contributed by atoms with Gasteiger partial charge in [-0.3, -0.25) is 4.90 Å². The standard InChI is InChI=1S/C16H33N3/c1-4-7-16(8-10-17-11-9-16)14-19-12-5-6-15(19)13-18(2)3/h15,17H,4-14H2,1-3H3. The van der Waals surface area contributed by atoms with Gasteiger partial charge < -0.3 is 10.2 Å². The topological polar surface area (TPSA) is 18.5 Å². The van der Waals surface area contributed by atoms with E-state index in [-0.39, 0.29) is 0 Å². The van der Waals surface area contributed by atoms with E-state index in [0.717, 1.165) is 6.04 Å². The van der Waals surface area contributed by atoms with Gasteiger partial charge in [-0.1, -0.05) is 13.3 Å². The SMILES string of the molecule is CCCC1(CN2CCCC2CN(C)C)CCNCC1. The number of likely N-dealkylation sites (N-methyl/N-ethyl adjacent to an activating group) is 1. The molecule has 1 atom stereocenters. The minimum absolute atomic E-state index is 0.606. The number of hydrogen-bond acceptors (Lipinski definition) is 3. The van der Waals surface area contributed by atoms with Crippen molar-refractivity contribution in [1.29, 1.82) is 0 Å². The summed E-state index contributed by atoms with van der Waals surface area (Å²) in [4.78, 5) is 5.17. The highest BCUT2D eigenvalue weighted by Crippen LogP contribution is 2.36. The Bertz CT molecular complexity index is 253. The molecule has 0 radical (unpaired) electrons. The number of nitrogens with one attached hydrogen (secondary N) is 1. The Balaban J connectivity index is 1.95. The van der Waals surface area contributed by atoms with Crippen molar-refractivity contribution in [2.45, 2.75) is 51.5 Å². The van der Waals surface area contributed by atoms with Gasteiger partial charge in [0, 0.05) is 19.1 Å². The van der Waals surface area contributed by atoms with Crippen LogP contribution in [0.4, 0.5) is 0 Å². The number of hydrogen-bond donors (Lipinski definition) is 1. The number of piperidine rings is 1. The van der Waals surface area contributed by atoms with E-state index < -0.39 is 0 Å². The van der Waals surface area contributed by atoms with Crippen LogP contribution in [-0.2, 0) is 0 Å². The van der Waals surface area contributed by atoms with Crippen LogP contribution in [0.3, 0.4) is 0 Å². The first-order valence-electron chi connectivity index (χ1n) is 8.25. The Hall–Kier alpha value is -0.120. The van der Waals surface area contributed by atoms with Crippen molar-refractivity contribution in [2.24, 2.45) is 5.41 Å². The van der Waals surface area contributed by atoms with Crippen LogP contribution in [0.1, 0.15) is 45.4 Å². The van der Waals surface area contributed by atoms with Crippen molar-refractivity contribution < 1.29 is 0 Å². The molecule has 1 unspecified atom stereocenters. The van der Waals surface area contributed by atoms with E-state index in [1.807, 2.05) is 0 Å². The van der Waals surface area contributed by atoms with Crippen molar-refractivity contribution >= 4 is 0 Å². The van der Waals surface area contributed by atoms with Gasteiger partial charge in [-0.15, -0.1) is 0 Å². The molecule has 0 spiro atoms. The molecule has 0 bridgehead atoms. The highest BCUT2D eigenvalue weighted by atomic mass is 15.2. The Kier molecular flexibility index (Phi) is 5.67. The first-order valence-corrected chi connectivity index (χ1v) is 8.25. The van der Waals surface area contributed by atoms with Crippen molar-refractivity contribution in [3.05, 3.63) is 0 Å². The minimum Gasteiger partial charge on any atom is -0.317 e. The second kappa shape index (κ2) is 7.05. The number of likely N-dealkylation sites (tertiary alicyclic amines) is 1. The van der Waals surface area contributed by atoms with Gasteiger partial charge in [0.1, 0.15) is 0 Å². The van der Waals surface area contributed by atoms with Gasteiger partial charge >= 0.3 is 0 Å². The summed E-state index contributed by atoms with van der Waals surface area (Å²) in [5.74, 6) is 0. The second-order valence-electron chi connectivity index (χ2n) is 7.03. The molecule has 2 saturated heterocycles. The molecule has 19 heavy (non-hydrogen) atoms. The zero-order valence-corrected chi connectivity index (χ0v) is 13.2. The summed E-state index contributed by atoms with van der Waals surface area (Å²) in [6.07, 6.45) is 8.32. The van der Waals surface area contributed by atoms with Crippen LogP contribution in [0.5, 0.6) is 0 Å². The third-order valence-corrected chi connectivity index (χ3v) is 5.06. The Morgan fingerprint density at radius 2 is 2.00 bits per heavy atom. The molecule has 112 valence electrons. The van der Waals surface area contributed by atoms with Crippen LogP contribution in [0.2, 0.25) is 0 Å². The summed E-state index contributed by atoms with van der Waals surface area (Å²) in [6, 6.07) is 0.804. The second-order valence-corrected chi connectivity index (χ2v) is 7.03. The first kappa shape index (κ1) is 15.3. The molecule has 0 aromatic heterocycles. The monoisotopic (exact) mass is 267 g/mol. The molecule has 2 aliphatic heterocycles. The zero-order chi connectivity index (χ0) is 13.7. The summed E-state index contributed by atoms with van der Waals surface area (Å²) in [7, 11) is 4.42. The molecule has 2 fully saturated rings. The summed E-state index contributed by atoms with van der Waals surface area (Å²) in [5, 5.41) is 3.54. The van der Waals surface area contributed by atoms with Crippen LogP contribution >= 0.6 is 0 Å². The maximum absolute atomic E-state index is 3.54. The van der Waals surface area contributed by atoms with Crippen molar-refractivity contribution in [3.8, 4) is 0 Å². The summed E-state index contributed by atoms with van der Waals surface area (Å²) in [6.45, 7) is 8.72. The van der Waals surface area contributed by atoms with Gasteiger partial charge in [0.25, 0.3) is 0 Å². The maximum Gasteiger partial charge on any atom is 0.0223 e. The average Bonchev–Trinajstić information content (AvgIpc) is 2.77. The van der Waals surface area contributed by atoms with Crippen LogP contribution in [0.25, 0.3) is 0 Å². The lowest BCUT2D eigenvalue weighted by Crippen LogP contribution is -2.48. The Morgan fingerprint density at radius 3 is 2.63 bits per heavy atom. The van der Waals surface area contributed by atoms with Gasteiger partial charge in [0.15, 0.2) is 0 Å². The molecular formula is C16H33N3. The van der Waals surface area contributed by atoms with Crippen LogP contribution < -0.4 is 5.32 Å². The fourth-order valence-corrected chi connectivity index (χ4v) is 4.14. The molecular weight excluding hydrogens is 234 g/mol. The molecule has 0 saturated carbocycles. The first-order chi connectivity index (χ1) is 9.15. The Morgan fingerprint density at radius 1 is 1.26 bits per heavy atom. The lowest BCUT2D eigenvalue weighted by atomic mass is 9.75. The van der Waals surface area contributed by atoms with Crippen LogP contribution in [-0.4, -0.2) is 62.7 Å². The largest absolute Gasteiger partial charge is 0.317 e. The molecule has 0 aromatic carbocycles. The maximum atomic E-state index is 3.54. The quantitative estimate of drug-likeness (QED) is 0.796. The van der Waals surface area contributed by atoms with E-state index >= 15 is 0 Å². The van der Waals surface area contributed by atoms with Crippen molar-refractivity contribution in [2.75, 3.05) is 46.8 Å². The van der Waals surface area contributed by atoms with Gasteiger partial charge in [-0.25, -0.2) is 0 Å². The molecule has 2 heterocycles. The molecule has 0 amide bonds. The average molecular weight is 267 g/mol. The van der Waals surface area contributed by atoms with Gasteiger partial charge in [-0.2, -0.15) is 0 Å². The van der Waals surface area contributed by atoms with Gasteiger partial charge in [-0.05, 0) is 71.2 Å². The summed E-state index contributed by atoms with van der Waals surface area (Å²) >= 11 is 0. The van der Waals surface area contributed by atoms with Gasteiger partial charge in [0.2, 0.25) is 0 Å². The smallest absolute Gasteiger partial charge is 0.0223 e. The highest BCUT2D eigenvalue weighted by molar-refractivity contribution is 4.91. The lowest BCUT2D eigenvalue weighted by molar-refractivity contribution is 0.0851. The van der Waals surface area contributed by atoms with Crippen molar-refractivity contribution in [3.63, 3.8) is 0 Å². The van der Waals surface area contributed by atoms with E-state index in [1.165, 1.54) is 71.2 Å². The molecule has 2 aliphatic rings. The summed E-state index contributed by atoms with van der Waals surface area (Å²) in [5.41, 5.74) is 0.606. The van der Waals surface area contributed by atoms with E-state index in [0.29, 0.717) is 5.41 Å². The van der Waals surface area contributed by atoms with E-state index in [9.17, 15) is 0 Å². The third kappa shape index (κ3) is 4.17. The highest BCUT2D eigenvalue weighted by Gasteiger charge is 2.36. The molecule has 3 nitrogen and oxygen atoms in total.